The van der Waals surface area contributed by atoms with Gasteiger partial charge in [-0.25, -0.2) is 0 Å². The first-order valence-electron chi connectivity index (χ1n) is 6.11. The summed E-state index contributed by atoms with van der Waals surface area (Å²) in [5.41, 5.74) is 0. The van der Waals surface area contributed by atoms with Gasteiger partial charge >= 0.3 is 8.80 Å². The number of halogens is 1. The van der Waals surface area contributed by atoms with Crippen molar-refractivity contribution in [2.45, 2.75) is 26.8 Å². The summed E-state index contributed by atoms with van der Waals surface area (Å²) in [4.78, 5) is 0. The Labute approximate surface area is 118 Å². The molecule has 0 aliphatic carbocycles. The van der Waals surface area contributed by atoms with E-state index in [4.69, 9.17) is 13.3 Å². The summed E-state index contributed by atoms with van der Waals surface area (Å²) in [5, 5.41) is 0. The average Bonchev–Trinajstić information content (AvgIpc) is 2.15. The van der Waals surface area contributed by atoms with Gasteiger partial charge in [0.25, 0.3) is 0 Å². The fraction of sp³-hybridized carbons (Fsp3) is 1.00. The summed E-state index contributed by atoms with van der Waals surface area (Å²) in [7, 11) is 4.09. The molecule has 106 valence electrons. The normalized spacial score (nSPS) is 12.4. The zero-order valence-corrected chi connectivity index (χ0v) is 14.7. The minimum Gasteiger partial charge on any atom is -1.00 e. The third-order valence-electron chi connectivity index (χ3n) is 2.18. The summed E-state index contributed by atoms with van der Waals surface area (Å²) < 4.78 is 18.3. The first-order valence-corrected chi connectivity index (χ1v) is 8.04. The van der Waals surface area contributed by atoms with Gasteiger partial charge in [0.15, 0.2) is 0 Å². The number of nitrogens with zero attached hydrogens (tertiary/aromatic N) is 1. The number of hydrogen-bond donors (Lipinski definition) is 0. The van der Waals surface area contributed by atoms with Crippen molar-refractivity contribution >= 4 is 8.80 Å². The van der Waals surface area contributed by atoms with E-state index in [0.717, 1.165) is 17.1 Å². The molecule has 0 fully saturated rings. The minimum atomic E-state index is -2.42. The maximum atomic E-state index is 5.79. The molecule has 0 aliphatic heterocycles. The van der Waals surface area contributed by atoms with Crippen molar-refractivity contribution in [2.75, 3.05) is 47.5 Å². The number of hydrogen-bond acceptors (Lipinski definition) is 3. The van der Waals surface area contributed by atoms with Gasteiger partial charge in [0.05, 0.1) is 33.7 Å². The molecule has 0 saturated carbocycles. The van der Waals surface area contributed by atoms with Gasteiger partial charge in [-0.3, -0.25) is 0 Å². The lowest BCUT2D eigenvalue weighted by atomic mass is 10.6. The molecule has 0 amide bonds. The second kappa shape index (κ2) is 9.46. The Morgan fingerprint density at radius 2 is 1.18 bits per heavy atom. The van der Waals surface area contributed by atoms with Crippen molar-refractivity contribution in [3.05, 3.63) is 0 Å². The monoisotopic (exact) mass is 329 g/mol. The summed E-state index contributed by atoms with van der Waals surface area (Å²) in [6, 6.07) is 0.881. The van der Waals surface area contributed by atoms with E-state index in [0.29, 0.717) is 19.8 Å². The van der Waals surface area contributed by atoms with Crippen LogP contribution in [0.5, 0.6) is 0 Å². The van der Waals surface area contributed by atoms with Crippen LogP contribution in [0.3, 0.4) is 0 Å². The third kappa shape index (κ3) is 9.16. The van der Waals surface area contributed by atoms with Gasteiger partial charge in [0.2, 0.25) is 0 Å². The fourth-order valence-electron chi connectivity index (χ4n) is 1.47. The van der Waals surface area contributed by atoms with Gasteiger partial charge in [-0.2, -0.15) is 0 Å². The maximum Gasteiger partial charge on any atom is 0.506 e. The lowest BCUT2D eigenvalue weighted by Gasteiger charge is -2.32. The van der Waals surface area contributed by atoms with Gasteiger partial charge in [-0.1, -0.05) is 0 Å². The lowest BCUT2D eigenvalue weighted by Crippen LogP contribution is -3.00. The molecule has 0 aromatic rings. The first-order chi connectivity index (χ1) is 7.39. The van der Waals surface area contributed by atoms with Crippen molar-refractivity contribution in [3.8, 4) is 0 Å². The molecule has 0 saturated heterocycles. The fourth-order valence-corrected chi connectivity index (χ4v) is 4.42. The highest BCUT2D eigenvalue weighted by atomic mass is 79.9. The van der Waals surface area contributed by atoms with Crippen LogP contribution in [0.4, 0.5) is 0 Å². The van der Waals surface area contributed by atoms with Gasteiger partial charge in [0.1, 0.15) is 0 Å². The summed E-state index contributed by atoms with van der Waals surface area (Å²) >= 11 is 0. The standard InChI is InChI=1S/C11H28NO3Si.BrH/c1-7-13-16(14-8-2,15-9-3)11-10-12(4,5)6;/h7-11H2,1-6H3;1H/q+1;/p-1. The van der Waals surface area contributed by atoms with Crippen LogP contribution in [0, 0.1) is 0 Å². The minimum absolute atomic E-state index is 0. The van der Waals surface area contributed by atoms with E-state index in [1.807, 2.05) is 20.8 Å². The van der Waals surface area contributed by atoms with E-state index < -0.39 is 8.80 Å². The maximum absolute atomic E-state index is 5.79. The Hall–Kier alpha value is 0.537. The molecule has 0 atom stereocenters. The summed E-state index contributed by atoms with van der Waals surface area (Å²) in [6.07, 6.45) is 0. The van der Waals surface area contributed by atoms with Crippen LogP contribution >= 0.6 is 0 Å². The molecule has 0 spiro atoms. The van der Waals surface area contributed by atoms with E-state index >= 15 is 0 Å². The molecule has 0 unspecified atom stereocenters. The first kappa shape index (κ1) is 19.9. The highest BCUT2D eigenvalue weighted by Gasteiger charge is 2.41. The lowest BCUT2D eigenvalue weighted by molar-refractivity contribution is -0.868. The Morgan fingerprint density at radius 1 is 0.824 bits per heavy atom. The molecule has 0 rings (SSSR count). The molecule has 0 N–H and O–H groups in total. The molecule has 17 heavy (non-hydrogen) atoms. The molecule has 0 aromatic carbocycles. The predicted molar refractivity (Wildman–Crippen MR) is 68.3 cm³/mol. The van der Waals surface area contributed by atoms with E-state index in [1.165, 1.54) is 0 Å². The molecule has 0 aliphatic rings. The molecule has 0 bridgehead atoms. The van der Waals surface area contributed by atoms with E-state index in [9.17, 15) is 0 Å². The zero-order valence-electron chi connectivity index (χ0n) is 12.1. The SMILES string of the molecule is CCO[Si](CC[N+](C)(C)C)(OCC)OCC.[Br-]. The molecular formula is C11H28BrNO3Si. The zero-order chi connectivity index (χ0) is 12.7. The largest absolute Gasteiger partial charge is 1.00 e. The van der Waals surface area contributed by atoms with Crippen LogP contribution in [0.1, 0.15) is 20.8 Å². The summed E-state index contributed by atoms with van der Waals surface area (Å²) in [6.45, 7) is 8.95. The highest BCUT2D eigenvalue weighted by molar-refractivity contribution is 6.60. The molecule has 0 heterocycles. The smallest absolute Gasteiger partial charge is 0.506 e. The van der Waals surface area contributed by atoms with Crippen LogP contribution in [0.2, 0.25) is 6.04 Å². The van der Waals surface area contributed by atoms with Crippen molar-refractivity contribution in [1.82, 2.24) is 0 Å². The predicted octanol–water partition coefficient (Wildman–Crippen LogP) is -1.25. The van der Waals surface area contributed by atoms with Gasteiger partial charge in [-0.15, -0.1) is 0 Å². The average molecular weight is 330 g/mol. The Morgan fingerprint density at radius 3 is 1.41 bits per heavy atom. The number of rotatable bonds is 9. The van der Waals surface area contributed by atoms with E-state index in [2.05, 4.69) is 21.1 Å². The second-order valence-electron chi connectivity index (χ2n) is 4.75. The van der Waals surface area contributed by atoms with Gasteiger partial charge in [-0.05, 0) is 20.8 Å². The van der Waals surface area contributed by atoms with Crippen molar-refractivity contribution in [2.24, 2.45) is 0 Å². The molecule has 0 radical (unpaired) electrons. The van der Waals surface area contributed by atoms with Crippen LogP contribution in [-0.2, 0) is 13.3 Å². The molecule has 4 nitrogen and oxygen atoms in total. The molecular weight excluding hydrogens is 302 g/mol. The van der Waals surface area contributed by atoms with Crippen LogP contribution in [-0.4, -0.2) is 60.8 Å². The van der Waals surface area contributed by atoms with Crippen LogP contribution in [0.15, 0.2) is 0 Å². The number of quaternary nitrogens is 1. The quantitative estimate of drug-likeness (QED) is 0.390. The second-order valence-corrected chi connectivity index (χ2v) is 7.48. The van der Waals surface area contributed by atoms with Crippen molar-refractivity contribution in [3.63, 3.8) is 0 Å². The summed E-state index contributed by atoms with van der Waals surface area (Å²) in [5.74, 6) is 0. The van der Waals surface area contributed by atoms with Crippen LogP contribution < -0.4 is 17.0 Å². The molecule has 6 heteroatoms. The topological polar surface area (TPSA) is 27.7 Å². The highest BCUT2D eigenvalue weighted by Crippen LogP contribution is 2.17. The Balaban J connectivity index is 0. The van der Waals surface area contributed by atoms with Gasteiger partial charge in [0, 0.05) is 19.8 Å². The molecule has 0 aromatic heterocycles. The van der Waals surface area contributed by atoms with Gasteiger partial charge < -0.3 is 34.7 Å². The van der Waals surface area contributed by atoms with Crippen molar-refractivity contribution in [1.29, 1.82) is 0 Å². The van der Waals surface area contributed by atoms with Crippen molar-refractivity contribution < 1.29 is 34.7 Å². The Kier molecular flexibility index (Phi) is 11.1. The Bertz CT molecular complexity index is 171. The van der Waals surface area contributed by atoms with E-state index in [-0.39, 0.29) is 17.0 Å². The van der Waals surface area contributed by atoms with Crippen LogP contribution in [0.25, 0.3) is 0 Å². The van der Waals surface area contributed by atoms with E-state index in [1.54, 1.807) is 0 Å². The third-order valence-corrected chi connectivity index (χ3v) is 5.20.